The lowest BCUT2D eigenvalue weighted by molar-refractivity contribution is -0.0541. The van der Waals surface area contributed by atoms with E-state index in [0.717, 1.165) is 30.5 Å². The first kappa shape index (κ1) is 13.8. The Kier molecular flexibility index (Phi) is 3.89. The van der Waals surface area contributed by atoms with E-state index in [1.54, 1.807) is 0 Å². The van der Waals surface area contributed by atoms with Crippen LogP contribution in [0.4, 0.5) is 5.82 Å². The Hall–Kier alpha value is -1.20. The summed E-state index contributed by atoms with van der Waals surface area (Å²) >= 11 is 0. The van der Waals surface area contributed by atoms with Gasteiger partial charge < -0.3 is 10.1 Å². The third kappa shape index (κ3) is 2.65. The molecule has 0 aliphatic carbocycles. The van der Waals surface area contributed by atoms with Gasteiger partial charge in [-0.15, -0.1) is 0 Å². The molecule has 5 heteroatoms. The number of rotatable bonds is 3. The summed E-state index contributed by atoms with van der Waals surface area (Å²) < 4.78 is 6.02. The second-order valence-electron chi connectivity index (χ2n) is 6.05. The van der Waals surface area contributed by atoms with E-state index >= 15 is 0 Å². The largest absolute Gasteiger partial charge is 0.373 e. The van der Waals surface area contributed by atoms with Crippen LogP contribution in [0.15, 0.2) is 6.07 Å². The topological polar surface area (TPSA) is 50.3 Å². The van der Waals surface area contributed by atoms with E-state index in [1.807, 2.05) is 13.1 Å². The van der Waals surface area contributed by atoms with Gasteiger partial charge in [-0.3, -0.25) is 4.90 Å². The van der Waals surface area contributed by atoms with Gasteiger partial charge in [0.15, 0.2) is 5.82 Å². The molecule has 0 spiro atoms. The van der Waals surface area contributed by atoms with E-state index in [1.165, 1.54) is 19.4 Å². The van der Waals surface area contributed by atoms with Gasteiger partial charge in [0, 0.05) is 31.4 Å². The lowest BCUT2D eigenvalue weighted by atomic mass is 10.1. The Morgan fingerprint density at radius 3 is 3.00 bits per heavy atom. The van der Waals surface area contributed by atoms with E-state index in [-0.39, 0.29) is 6.10 Å². The highest BCUT2D eigenvalue weighted by molar-refractivity contribution is 5.36. The second kappa shape index (κ2) is 5.66. The molecule has 110 valence electrons. The molecule has 0 radical (unpaired) electrons. The molecule has 0 saturated carbocycles. The minimum Gasteiger partial charge on any atom is -0.373 e. The number of hydrogen-bond acceptors (Lipinski definition) is 5. The number of anilines is 1. The average Bonchev–Trinajstić information content (AvgIpc) is 2.94. The molecule has 0 bridgehead atoms. The van der Waals surface area contributed by atoms with Gasteiger partial charge in [-0.25, -0.2) is 9.97 Å². The van der Waals surface area contributed by atoms with Crippen LogP contribution in [0.3, 0.4) is 0 Å². The molecule has 2 saturated heterocycles. The van der Waals surface area contributed by atoms with Crippen molar-refractivity contribution in [2.75, 3.05) is 32.1 Å². The van der Waals surface area contributed by atoms with Crippen molar-refractivity contribution in [1.29, 1.82) is 0 Å². The molecule has 0 aromatic carbocycles. The first-order valence-corrected chi connectivity index (χ1v) is 7.59. The maximum atomic E-state index is 6.02. The summed E-state index contributed by atoms with van der Waals surface area (Å²) in [7, 11) is 1.90. The Morgan fingerprint density at radius 2 is 2.25 bits per heavy atom. The van der Waals surface area contributed by atoms with E-state index in [2.05, 4.69) is 29.0 Å². The summed E-state index contributed by atoms with van der Waals surface area (Å²) in [5, 5.41) is 3.13. The van der Waals surface area contributed by atoms with Gasteiger partial charge in [0.1, 0.15) is 11.9 Å². The smallest absolute Gasteiger partial charge is 0.161 e. The Balaban J connectivity index is 1.83. The average molecular weight is 276 g/mol. The fraction of sp³-hybridized carbons (Fsp3) is 0.733. The third-order valence-electron chi connectivity index (χ3n) is 4.29. The van der Waals surface area contributed by atoms with Crippen molar-refractivity contribution in [3.63, 3.8) is 0 Å². The quantitative estimate of drug-likeness (QED) is 0.917. The summed E-state index contributed by atoms with van der Waals surface area (Å²) in [6, 6.07) is 2.64. The third-order valence-corrected chi connectivity index (χ3v) is 4.29. The van der Waals surface area contributed by atoms with Crippen LogP contribution in [0.1, 0.15) is 50.2 Å². The van der Waals surface area contributed by atoms with Crippen molar-refractivity contribution in [2.45, 2.75) is 44.8 Å². The van der Waals surface area contributed by atoms with E-state index in [9.17, 15) is 0 Å². The standard InChI is InChI=1S/C15H24N4O/c1-10(2)12-7-14(16-3)18-15(17-12)13-8-19-6-4-5-11(19)9-20-13/h7,10-11,13H,4-6,8-9H2,1-3H3,(H,16,17,18). The maximum Gasteiger partial charge on any atom is 0.161 e. The van der Waals surface area contributed by atoms with Crippen LogP contribution in [0.5, 0.6) is 0 Å². The fourth-order valence-corrected chi connectivity index (χ4v) is 3.03. The molecule has 20 heavy (non-hydrogen) atoms. The van der Waals surface area contributed by atoms with Gasteiger partial charge in [-0.05, 0) is 25.3 Å². The zero-order valence-corrected chi connectivity index (χ0v) is 12.6. The first-order valence-electron chi connectivity index (χ1n) is 7.59. The number of ether oxygens (including phenoxy) is 1. The highest BCUT2D eigenvalue weighted by atomic mass is 16.5. The molecule has 2 unspecified atom stereocenters. The molecule has 1 aromatic rings. The molecule has 1 aromatic heterocycles. The number of fused-ring (bicyclic) bond motifs is 1. The first-order chi connectivity index (χ1) is 9.67. The van der Waals surface area contributed by atoms with E-state index in [4.69, 9.17) is 9.72 Å². The van der Waals surface area contributed by atoms with Crippen molar-refractivity contribution in [2.24, 2.45) is 0 Å². The molecule has 2 aliphatic heterocycles. The molecule has 3 rings (SSSR count). The van der Waals surface area contributed by atoms with Crippen LogP contribution in [-0.4, -0.2) is 47.7 Å². The molecule has 2 atom stereocenters. The number of morpholine rings is 1. The maximum absolute atomic E-state index is 6.02. The zero-order valence-electron chi connectivity index (χ0n) is 12.6. The van der Waals surface area contributed by atoms with Crippen molar-refractivity contribution >= 4 is 5.82 Å². The summed E-state index contributed by atoms with van der Waals surface area (Å²) in [4.78, 5) is 11.8. The fourth-order valence-electron chi connectivity index (χ4n) is 3.03. The molecule has 1 N–H and O–H groups in total. The molecule has 2 fully saturated rings. The van der Waals surface area contributed by atoms with Crippen molar-refractivity contribution in [3.05, 3.63) is 17.6 Å². The molecule has 3 heterocycles. The Morgan fingerprint density at radius 1 is 1.40 bits per heavy atom. The highest BCUT2D eigenvalue weighted by Crippen LogP contribution is 2.29. The second-order valence-corrected chi connectivity index (χ2v) is 6.05. The van der Waals surface area contributed by atoms with Crippen LogP contribution in [-0.2, 0) is 4.74 Å². The van der Waals surface area contributed by atoms with Crippen molar-refractivity contribution < 1.29 is 4.74 Å². The number of aromatic nitrogens is 2. The Bertz CT molecular complexity index is 477. The summed E-state index contributed by atoms with van der Waals surface area (Å²) in [6.07, 6.45) is 2.56. The SMILES string of the molecule is CNc1cc(C(C)C)nc(C2CN3CCCC3CO2)n1. The van der Waals surface area contributed by atoms with Gasteiger partial charge >= 0.3 is 0 Å². The minimum atomic E-state index is 0.00940. The van der Waals surface area contributed by atoms with Crippen LogP contribution in [0.25, 0.3) is 0 Å². The van der Waals surface area contributed by atoms with Gasteiger partial charge in [0.25, 0.3) is 0 Å². The van der Waals surface area contributed by atoms with Crippen molar-refractivity contribution in [1.82, 2.24) is 14.9 Å². The van der Waals surface area contributed by atoms with Crippen LogP contribution in [0.2, 0.25) is 0 Å². The highest BCUT2D eigenvalue weighted by Gasteiger charge is 2.34. The summed E-state index contributed by atoms with van der Waals surface area (Å²) in [5.41, 5.74) is 1.08. The van der Waals surface area contributed by atoms with E-state index in [0.29, 0.717) is 12.0 Å². The summed E-state index contributed by atoms with van der Waals surface area (Å²) in [5.74, 6) is 2.10. The number of nitrogens with one attached hydrogen (secondary N) is 1. The van der Waals surface area contributed by atoms with Gasteiger partial charge in [0.2, 0.25) is 0 Å². The molecule has 2 aliphatic rings. The predicted molar refractivity (Wildman–Crippen MR) is 79.0 cm³/mol. The zero-order chi connectivity index (χ0) is 14.1. The van der Waals surface area contributed by atoms with Gasteiger partial charge in [-0.2, -0.15) is 0 Å². The van der Waals surface area contributed by atoms with Crippen LogP contribution >= 0.6 is 0 Å². The van der Waals surface area contributed by atoms with Crippen LogP contribution < -0.4 is 5.32 Å². The molecular weight excluding hydrogens is 252 g/mol. The van der Waals surface area contributed by atoms with E-state index < -0.39 is 0 Å². The van der Waals surface area contributed by atoms with Crippen molar-refractivity contribution in [3.8, 4) is 0 Å². The lowest BCUT2D eigenvalue weighted by Gasteiger charge is -2.34. The predicted octanol–water partition coefficient (Wildman–Crippen LogP) is 2.18. The molecule has 0 amide bonds. The minimum absolute atomic E-state index is 0.00940. The monoisotopic (exact) mass is 276 g/mol. The normalized spacial score (nSPS) is 26.8. The van der Waals surface area contributed by atoms with Crippen LogP contribution in [0, 0.1) is 0 Å². The summed E-state index contributed by atoms with van der Waals surface area (Å²) in [6.45, 7) is 7.24. The number of hydrogen-bond donors (Lipinski definition) is 1. The Labute approximate surface area is 120 Å². The van der Waals surface area contributed by atoms with Gasteiger partial charge in [0.05, 0.1) is 6.61 Å². The van der Waals surface area contributed by atoms with Gasteiger partial charge in [-0.1, -0.05) is 13.8 Å². The number of nitrogens with zero attached hydrogens (tertiary/aromatic N) is 3. The molecular formula is C15H24N4O. The molecule has 5 nitrogen and oxygen atoms in total. The lowest BCUT2D eigenvalue weighted by Crippen LogP contribution is -2.43.